The number of amides is 1. The van der Waals surface area contributed by atoms with Gasteiger partial charge in [0.25, 0.3) is 5.91 Å². The molecule has 0 radical (unpaired) electrons. The van der Waals surface area contributed by atoms with Crippen molar-refractivity contribution in [2.24, 2.45) is 0 Å². The Hall–Kier alpha value is -2.65. The molecule has 0 spiro atoms. The number of benzene rings is 1. The van der Waals surface area contributed by atoms with E-state index in [1.807, 2.05) is 0 Å². The van der Waals surface area contributed by atoms with Crippen molar-refractivity contribution in [1.82, 2.24) is 9.29 Å². The van der Waals surface area contributed by atoms with Crippen LogP contribution < -0.4 is 15.0 Å². The summed E-state index contributed by atoms with van der Waals surface area (Å²) in [6, 6.07) is 7.61. The lowest BCUT2D eigenvalue weighted by Crippen LogP contribution is -2.23. The van der Waals surface area contributed by atoms with Gasteiger partial charge in [0.2, 0.25) is 10.0 Å². The lowest BCUT2D eigenvalue weighted by atomic mass is 10.2. The number of ether oxygens (including phenoxy) is 1. The second-order valence-electron chi connectivity index (χ2n) is 5.87. The summed E-state index contributed by atoms with van der Waals surface area (Å²) in [5.41, 5.74) is 0.620. The molecule has 2 aromatic rings. The smallest absolute Gasteiger partial charge is 0.259 e. The highest BCUT2D eigenvalue weighted by molar-refractivity contribution is 7.89. The number of carbonyl (C=O) groups is 1. The minimum atomic E-state index is -3.64. The molecule has 0 aliphatic carbocycles. The van der Waals surface area contributed by atoms with Gasteiger partial charge in [0.15, 0.2) is 0 Å². The first kappa shape index (κ1) is 19.7. The summed E-state index contributed by atoms with van der Waals surface area (Å²) >= 11 is 0. The molecule has 0 unspecified atom stereocenters. The van der Waals surface area contributed by atoms with Crippen LogP contribution in [0.1, 0.15) is 10.4 Å². The number of aromatic nitrogens is 1. The predicted octanol–water partition coefficient (Wildman–Crippen LogP) is 1.66. The van der Waals surface area contributed by atoms with Gasteiger partial charge in [-0.25, -0.2) is 17.7 Å². The van der Waals surface area contributed by atoms with E-state index < -0.39 is 15.9 Å². The average molecular weight is 378 g/mol. The predicted molar refractivity (Wildman–Crippen MR) is 100 cm³/mol. The Morgan fingerprint density at radius 2 is 1.85 bits per heavy atom. The third kappa shape index (κ3) is 3.94. The van der Waals surface area contributed by atoms with Gasteiger partial charge in [-0.2, -0.15) is 0 Å². The first-order chi connectivity index (χ1) is 12.2. The third-order valence-corrected chi connectivity index (χ3v) is 5.46. The van der Waals surface area contributed by atoms with Crippen LogP contribution in [-0.2, 0) is 10.0 Å². The van der Waals surface area contributed by atoms with Gasteiger partial charge in [0.1, 0.15) is 11.6 Å². The van der Waals surface area contributed by atoms with Crippen molar-refractivity contribution in [3.8, 4) is 5.75 Å². The summed E-state index contributed by atoms with van der Waals surface area (Å²) in [6.45, 7) is 0. The van der Waals surface area contributed by atoms with Gasteiger partial charge in [-0.05, 0) is 30.3 Å². The Balaban J connectivity index is 2.44. The number of nitrogens with one attached hydrogen (secondary N) is 1. The summed E-state index contributed by atoms with van der Waals surface area (Å²) in [7, 11) is 4.25. The summed E-state index contributed by atoms with van der Waals surface area (Å²) in [4.78, 5) is 18.7. The van der Waals surface area contributed by atoms with Gasteiger partial charge >= 0.3 is 0 Å². The molecule has 26 heavy (non-hydrogen) atoms. The molecule has 0 bridgehead atoms. The van der Waals surface area contributed by atoms with Gasteiger partial charge in [-0.15, -0.1) is 0 Å². The largest absolute Gasteiger partial charge is 0.495 e. The molecule has 0 saturated carbocycles. The van der Waals surface area contributed by atoms with Crippen LogP contribution >= 0.6 is 0 Å². The van der Waals surface area contributed by atoms with E-state index in [-0.39, 0.29) is 10.6 Å². The van der Waals surface area contributed by atoms with E-state index in [4.69, 9.17) is 4.74 Å². The van der Waals surface area contributed by atoms with E-state index in [0.717, 1.165) is 4.31 Å². The molecule has 0 fully saturated rings. The van der Waals surface area contributed by atoms with Crippen LogP contribution in [-0.4, -0.2) is 58.9 Å². The number of rotatable bonds is 6. The molecule has 0 atom stereocenters. The van der Waals surface area contributed by atoms with Crippen LogP contribution in [0.3, 0.4) is 0 Å². The molecule has 1 N–H and O–H groups in total. The van der Waals surface area contributed by atoms with E-state index in [1.54, 1.807) is 37.3 Å². The minimum absolute atomic E-state index is 0.0534. The molecule has 1 aromatic heterocycles. The Labute approximate surface area is 153 Å². The van der Waals surface area contributed by atoms with Crippen LogP contribution in [0.25, 0.3) is 0 Å². The Bertz CT molecular complexity index is 911. The second kappa shape index (κ2) is 7.71. The lowest BCUT2D eigenvalue weighted by Gasteiger charge is -2.17. The minimum Gasteiger partial charge on any atom is -0.495 e. The van der Waals surface area contributed by atoms with Crippen LogP contribution in [0.15, 0.2) is 41.4 Å². The summed E-state index contributed by atoms with van der Waals surface area (Å²) in [6.07, 6.45) is 1.59. The highest BCUT2D eigenvalue weighted by Gasteiger charge is 2.21. The number of carbonyl (C=O) groups excluding carboxylic acids is 1. The van der Waals surface area contributed by atoms with E-state index in [2.05, 4.69) is 10.3 Å². The Morgan fingerprint density at radius 3 is 2.42 bits per heavy atom. The zero-order chi connectivity index (χ0) is 19.5. The van der Waals surface area contributed by atoms with Crippen molar-refractivity contribution < 1.29 is 17.9 Å². The number of nitrogens with zero attached hydrogens (tertiary/aromatic N) is 3. The van der Waals surface area contributed by atoms with Gasteiger partial charge in [0, 0.05) is 34.4 Å². The maximum absolute atomic E-state index is 12.7. The van der Waals surface area contributed by atoms with Crippen molar-refractivity contribution in [3.05, 3.63) is 42.1 Å². The molecule has 2 rings (SSSR count). The molecule has 8 nitrogen and oxygen atoms in total. The van der Waals surface area contributed by atoms with Crippen LogP contribution in [0.2, 0.25) is 0 Å². The van der Waals surface area contributed by atoms with Crippen molar-refractivity contribution in [3.63, 3.8) is 0 Å². The molecule has 1 aromatic carbocycles. The summed E-state index contributed by atoms with van der Waals surface area (Å²) < 4.78 is 31.0. The zero-order valence-corrected chi connectivity index (χ0v) is 16.2. The quantitative estimate of drug-likeness (QED) is 0.822. The molecule has 0 aliphatic rings. The maximum atomic E-state index is 12.7. The Kier molecular flexibility index (Phi) is 5.83. The number of sulfonamides is 1. The van der Waals surface area contributed by atoms with E-state index in [1.165, 1.54) is 39.4 Å². The molecule has 1 heterocycles. The van der Waals surface area contributed by atoms with E-state index >= 15 is 0 Å². The van der Waals surface area contributed by atoms with Crippen molar-refractivity contribution in [2.45, 2.75) is 4.90 Å². The van der Waals surface area contributed by atoms with Gasteiger partial charge in [0.05, 0.1) is 23.3 Å². The van der Waals surface area contributed by atoms with Gasteiger partial charge in [-0.3, -0.25) is 4.79 Å². The molecular weight excluding hydrogens is 356 g/mol. The number of hydrogen-bond donors (Lipinski definition) is 1. The molecule has 1 amide bonds. The Morgan fingerprint density at radius 1 is 1.15 bits per heavy atom. The maximum Gasteiger partial charge on any atom is 0.259 e. The first-order valence-corrected chi connectivity index (χ1v) is 9.16. The van der Waals surface area contributed by atoms with Gasteiger partial charge in [-0.1, -0.05) is 0 Å². The topological polar surface area (TPSA) is 91.8 Å². The van der Waals surface area contributed by atoms with Crippen molar-refractivity contribution in [1.29, 1.82) is 0 Å². The van der Waals surface area contributed by atoms with Gasteiger partial charge < -0.3 is 15.0 Å². The fraction of sp³-hybridized carbons (Fsp3) is 0.294. The summed E-state index contributed by atoms with van der Waals surface area (Å²) in [5.74, 6) is 0.437. The number of hydrogen-bond acceptors (Lipinski definition) is 6. The molecule has 140 valence electrons. The average Bonchev–Trinajstić information content (AvgIpc) is 2.61. The number of methoxy groups -OCH3 is 1. The lowest BCUT2D eigenvalue weighted by molar-refractivity contribution is 0.102. The normalized spacial score (nSPS) is 11.3. The highest BCUT2D eigenvalue weighted by Crippen LogP contribution is 2.29. The van der Waals surface area contributed by atoms with E-state index in [0.29, 0.717) is 17.1 Å². The standard InChI is InChI=1S/C17H22N4O4S/c1-20(2)16-13(7-6-10-18-16)17(22)19-14-11-12(8-9-15(14)25-5)26(23,24)21(3)4/h6-11H,1-5H3,(H,19,22). The number of pyridine rings is 1. The van der Waals surface area contributed by atoms with Crippen LogP contribution in [0.5, 0.6) is 5.75 Å². The second-order valence-corrected chi connectivity index (χ2v) is 8.02. The molecule has 0 saturated heterocycles. The first-order valence-electron chi connectivity index (χ1n) is 7.72. The van der Waals surface area contributed by atoms with Crippen molar-refractivity contribution in [2.75, 3.05) is 45.5 Å². The molecule has 0 aliphatic heterocycles. The molecular formula is C17H22N4O4S. The van der Waals surface area contributed by atoms with E-state index in [9.17, 15) is 13.2 Å². The zero-order valence-electron chi connectivity index (χ0n) is 15.3. The van der Waals surface area contributed by atoms with Crippen LogP contribution in [0, 0.1) is 0 Å². The molecule has 9 heteroatoms. The third-order valence-electron chi connectivity index (χ3n) is 3.65. The summed E-state index contributed by atoms with van der Waals surface area (Å²) in [5, 5.41) is 2.71. The highest BCUT2D eigenvalue weighted by atomic mass is 32.2. The van der Waals surface area contributed by atoms with Crippen molar-refractivity contribution >= 4 is 27.4 Å². The fourth-order valence-corrected chi connectivity index (χ4v) is 3.20. The monoisotopic (exact) mass is 378 g/mol. The fourth-order valence-electron chi connectivity index (χ4n) is 2.28. The van der Waals surface area contributed by atoms with Crippen LogP contribution in [0.4, 0.5) is 11.5 Å². The SMILES string of the molecule is COc1ccc(S(=O)(=O)N(C)C)cc1NC(=O)c1cccnc1N(C)C. The number of anilines is 2.